The number of phenolic OH excluding ortho intramolecular Hbond substituents is 1. The molecule has 12 heteroatoms. The molecule has 0 heterocycles. The Labute approximate surface area is 222 Å². The summed E-state index contributed by atoms with van der Waals surface area (Å²) in [4.78, 5) is 12.6. The van der Waals surface area contributed by atoms with Crippen LogP contribution in [0, 0.1) is 6.92 Å². The van der Waals surface area contributed by atoms with Crippen LogP contribution in [0.2, 0.25) is 10.0 Å². The van der Waals surface area contributed by atoms with E-state index in [2.05, 4.69) is 15.5 Å². The first-order valence-corrected chi connectivity index (χ1v) is 12.8. The maximum atomic E-state index is 13.1. The minimum absolute atomic E-state index is 0.0436. The van der Waals surface area contributed by atoms with Gasteiger partial charge in [-0.25, -0.2) is 0 Å². The van der Waals surface area contributed by atoms with E-state index >= 15 is 0 Å². The average Bonchev–Trinajstić information content (AvgIpc) is 2.83. The van der Waals surface area contributed by atoms with Gasteiger partial charge in [0.2, 0.25) is 0 Å². The monoisotopic (exact) mass is 559 g/mol. The Morgan fingerprint density at radius 2 is 1.76 bits per heavy atom. The third-order valence-electron chi connectivity index (χ3n) is 5.30. The number of hydrogen-bond donors (Lipinski definition) is 3. The number of carbonyl (C=O) groups is 1. The Kier molecular flexibility index (Phi) is 7.37. The number of carbonyl (C=O) groups excluding carboxylic acids is 1. The minimum Gasteiger partial charge on any atom is -0.505 e. The number of fused-ring (bicyclic) bond motifs is 1. The number of amides is 1. The third kappa shape index (κ3) is 5.67. The fourth-order valence-corrected chi connectivity index (χ4v) is 4.95. The highest BCUT2D eigenvalue weighted by Crippen LogP contribution is 2.41. The van der Waals surface area contributed by atoms with Crippen molar-refractivity contribution in [3.05, 3.63) is 81.8 Å². The number of halogens is 2. The van der Waals surface area contributed by atoms with Gasteiger partial charge in [0, 0.05) is 22.2 Å². The first-order valence-electron chi connectivity index (χ1n) is 10.6. The molecule has 0 aliphatic heterocycles. The van der Waals surface area contributed by atoms with Crippen LogP contribution in [0.1, 0.15) is 15.9 Å². The zero-order valence-electron chi connectivity index (χ0n) is 19.4. The van der Waals surface area contributed by atoms with E-state index in [-0.39, 0.29) is 22.0 Å². The van der Waals surface area contributed by atoms with Crippen molar-refractivity contribution in [3.8, 4) is 11.5 Å². The van der Waals surface area contributed by atoms with E-state index < -0.39 is 26.7 Å². The van der Waals surface area contributed by atoms with E-state index in [1.54, 1.807) is 43.3 Å². The number of ether oxygens (including phenoxy) is 1. The van der Waals surface area contributed by atoms with Crippen LogP contribution in [0.3, 0.4) is 0 Å². The highest BCUT2D eigenvalue weighted by atomic mass is 35.5. The molecular formula is C25H19Cl2N3O6S. The van der Waals surface area contributed by atoms with Gasteiger partial charge in [-0.1, -0.05) is 47.5 Å². The minimum atomic E-state index is -4.61. The summed E-state index contributed by atoms with van der Waals surface area (Å²) in [5.74, 6) is -0.682. The number of aryl methyl sites for hydroxylation is 1. The van der Waals surface area contributed by atoms with Gasteiger partial charge in [0.25, 0.3) is 16.0 Å². The molecule has 0 radical (unpaired) electrons. The largest absolute Gasteiger partial charge is 0.505 e. The zero-order valence-corrected chi connectivity index (χ0v) is 21.7. The molecule has 0 unspecified atom stereocenters. The van der Waals surface area contributed by atoms with Gasteiger partial charge < -0.3 is 15.2 Å². The summed E-state index contributed by atoms with van der Waals surface area (Å²) in [6, 6.07) is 15.7. The molecule has 0 spiro atoms. The first kappa shape index (κ1) is 26.4. The SMILES string of the molecule is COc1cc(Cl)cc(NC(=O)c2cc3ccccc3c(N=Nc3cc(C)cc(S(=O)(=O)O)c3Cl)c2O)c1. The van der Waals surface area contributed by atoms with Gasteiger partial charge >= 0.3 is 0 Å². The van der Waals surface area contributed by atoms with E-state index in [0.717, 1.165) is 0 Å². The van der Waals surface area contributed by atoms with Crippen LogP contribution in [0.5, 0.6) is 11.5 Å². The Morgan fingerprint density at radius 3 is 2.46 bits per heavy atom. The maximum absolute atomic E-state index is 13.1. The van der Waals surface area contributed by atoms with Crippen LogP contribution in [0.15, 0.2) is 75.8 Å². The molecule has 1 amide bonds. The number of azo groups is 1. The van der Waals surface area contributed by atoms with Crippen LogP contribution in [0.25, 0.3) is 10.8 Å². The number of methoxy groups -OCH3 is 1. The normalized spacial score (nSPS) is 11.7. The summed E-state index contributed by atoms with van der Waals surface area (Å²) in [6.07, 6.45) is 0. The van der Waals surface area contributed by atoms with Crippen LogP contribution in [0.4, 0.5) is 17.1 Å². The molecule has 190 valence electrons. The lowest BCUT2D eigenvalue weighted by Gasteiger charge is -2.12. The van der Waals surface area contributed by atoms with Crippen molar-refractivity contribution >= 4 is 67.1 Å². The van der Waals surface area contributed by atoms with Gasteiger partial charge in [0.05, 0.1) is 17.7 Å². The second kappa shape index (κ2) is 10.3. The lowest BCUT2D eigenvalue weighted by atomic mass is 10.0. The Morgan fingerprint density at radius 1 is 1.03 bits per heavy atom. The van der Waals surface area contributed by atoms with Gasteiger partial charge in [0.1, 0.15) is 22.0 Å². The summed E-state index contributed by atoms with van der Waals surface area (Å²) in [7, 11) is -3.15. The molecule has 0 aliphatic carbocycles. The quantitative estimate of drug-likeness (QED) is 0.170. The number of rotatable bonds is 6. The van der Waals surface area contributed by atoms with Crippen molar-refractivity contribution in [2.75, 3.05) is 12.4 Å². The number of aromatic hydroxyl groups is 1. The number of benzene rings is 4. The van der Waals surface area contributed by atoms with Crippen molar-refractivity contribution in [2.24, 2.45) is 10.2 Å². The molecular weight excluding hydrogens is 541 g/mol. The van der Waals surface area contributed by atoms with Crippen molar-refractivity contribution in [1.82, 2.24) is 0 Å². The summed E-state index contributed by atoms with van der Waals surface area (Å²) in [6.45, 7) is 1.59. The lowest BCUT2D eigenvalue weighted by Crippen LogP contribution is -2.12. The smallest absolute Gasteiger partial charge is 0.296 e. The topological polar surface area (TPSA) is 138 Å². The van der Waals surface area contributed by atoms with E-state index in [1.165, 1.54) is 31.4 Å². The van der Waals surface area contributed by atoms with Gasteiger partial charge in [-0.3, -0.25) is 9.35 Å². The molecule has 37 heavy (non-hydrogen) atoms. The predicted molar refractivity (Wildman–Crippen MR) is 142 cm³/mol. The number of hydrogen-bond acceptors (Lipinski definition) is 7. The maximum Gasteiger partial charge on any atom is 0.296 e. The number of anilines is 1. The predicted octanol–water partition coefficient (Wildman–Crippen LogP) is 7.08. The number of phenols is 1. The van der Waals surface area contributed by atoms with Crippen molar-refractivity contribution in [2.45, 2.75) is 11.8 Å². The highest BCUT2D eigenvalue weighted by Gasteiger charge is 2.21. The second-order valence-electron chi connectivity index (χ2n) is 7.95. The molecule has 0 saturated carbocycles. The van der Waals surface area contributed by atoms with Crippen molar-refractivity contribution < 1.29 is 27.6 Å². The lowest BCUT2D eigenvalue weighted by molar-refractivity contribution is 0.102. The van der Waals surface area contributed by atoms with Crippen molar-refractivity contribution in [3.63, 3.8) is 0 Å². The molecule has 9 nitrogen and oxygen atoms in total. The molecule has 0 atom stereocenters. The third-order valence-corrected chi connectivity index (χ3v) is 6.91. The van der Waals surface area contributed by atoms with Crippen LogP contribution >= 0.6 is 23.2 Å². The molecule has 0 saturated heterocycles. The van der Waals surface area contributed by atoms with Crippen LogP contribution in [-0.2, 0) is 10.1 Å². The number of nitrogens with one attached hydrogen (secondary N) is 1. The fourth-order valence-electron chi connectivity index (χ4n) is 3.62. The summed E-state index contributed by atoms with van der Waals surface area (Å²) in [5.41, 5.74) is 0.594. The van der Waals surface area contributed by atoms with E-state index in [0.29, 0.717) is 32.8 Å². The van der Waals surface area contributed by atoms with E-state index in [1.807, 2.05) is 0 Å². The number of nitrogens with zero attached hydrogens (tertiary/aromatic N) is 2. The standard InChI is InChI=1S/C25H19Cl2N3O6S/c1-13-7-20(22(27)21(8-13)37(33,34)35)29-30-23-18-6-4-3-5-14(18)9-19(24(23)31)25(32)28-16-10-15(26)11-17(12-16)36-2/h3-12,31H,1-2H3,(H,28,32)(H,33,34,35). The fraction of sp³-hybridized carbons (Fsp3) is 0.0800. The van der Waals surface area contributed by atoms with Crippen molar-refractivity contribution in [1.29, 1.82) is 0 Å². The summed E-state index contributed by atoms with van der Waals surface area (Å²) >= 11 is 12.2. The van der Waals surface area contributed by atoms with Crippen LogP contribution in [-0.4, -0.2) is 31.1 Å². The molecule has 0 aromatic heterocycles. The first-order chi connectivity index (χ1) is 17.5. The Bertz CT molecular complexity index is 1690. The van der Waals surface area contributed by atoms with Gasteiger partial charge in [-0.05, 0) is 48.2 Å². The molecule has 4 aromatic rings. The van der Waals surface area contributed by atoms with E-state index in [9.17, 15) is 22.9 Å². The highest BCUT2D eigenvalue weighted by molar-refractivity contribution is 7.86. The molecule has 4 aromatic carbocycles. The summed E-state index contributed by atoms with van der Waals surface area (Å²) in [5, 5.41) is 22.9. The Balaban J connectivity index is 1.81. The van der Waals surface area contributed by atoms with Gasteiger partial charge in [0.15, 0.2) is 5.75 Å². The van der Waals surface area contributed by atoms with Gasteiger partial charge in [-0.2, -0.15) is 8.42 Å². The Hall–Kier alpha value is -3.70. The average molecular weight is 560 g/mol. The zero-order chi connectivity index (χ0) is 26.9. The summed E-state index contributed by atoms with van der Waals surface area (Å²) < 4.78 is 38.0. The molecule has 0 fully saturated rings. The second-order valence-corrected chi connectivity index (χ2v) is 10.2. The van der Waals surface area contributed by atoms with E-state index in [4.69, 9.17) is 27.9 Å². The molecule has 0 aliphatic rings. The molecule has 4 rings (SSSR count). The molecule has 0 bridgehead atoms. The van der Waals surface area contributed by atoms with Gasteiger partial charge in [-0.15, -0.1) is 10.2 Å². The van der Waals surface area contributed by atoms with Crippen LogP contribution < -0.4 is 10.1 Å². The molecule has 3 N–H and O–H groups in total.